The first kappa shape index (κ1) is 23.1. The van der Waals surface area contributed by atoms with Gasteiger partial charge in [-0.25, -0.2) is 0 Å². The van der Waals surface area contributed by atoms with E-state index in [1.165, 1.54) is 13.3 Å². The number of phenols is 1. The number of benzene rings is 2. The molecule has 10 heteroatoms. The molecule has 31 heavy (non-hydrogen) atoms. The van der Waals surface area contributed by atoms with Gasteiger partial charge >= 0.3 is 0 Å². The van der Waals surface area contributed by atoms with Gasteiger partial charge in [-0.3, -0.25) is 9.59 Å². The van der Waals surface area contributed by atoms with Crippen molar-refractivity contribution in [3.63, 3.8) is 0 Å². The lowest BCUT2D eigenvalue weighted by molar-refractivity contribution is -0.122. The number of para-hydroxylation sites is 1. The number of ether oxygens (including phenoxy) is 1. The molecule has 2 aromatic carbocycles. The number of thioether (sulfide) groups is 1. The summed E-state index contributed by atoms with van der Waals surface area (Å²) in [7, 11) is 1.47. The summed E-state index contributed by atoms with van der Waals surface area (Å²) < 4.78 is 5.73. The van der Waals surface area contributed by atoms with Crippen molar-refractivity contribution in [2.45, 2.75) is 25.5 Å². The summed E-state index contributed by atoms with van der Waals surface area (Å²) in [5.41, 5.74) is 3.39. The first-order valence-electron chi connectivity index (χ1n) is 9.29. The summed E-state index contributed by atoms with van der Waals surface area (Å²) in [6.45, 7) is 3.85. The van der Waals surface area contributed by atoms with Crippen LogP contribution in [0.25, 0.3) is 0 Å². The molecule has 8 nitrogen and oxygen atoms in total. The second-order valence-electron chi connectivity index (χ2n) is 6.82. The number of carbonyl (C=O) groups is 2. The Labute approximate surface area is 197 Å². The summed E-state index contributed by atoms with van der Waals surface area (Å²) in [6, 6.07) is 9.13. The van der Waals surface area contributed by atoms with Gasteiger partial charge in [0.15, 0.2) is 16.7 Å². The van der Waals surface area contributed by atoms with Crippen molar-refractivity contribution < 1.29 is 19.4 Å². The number of hydrogen-bond donors (Lipinski definition) is 3. The van der Waals surface area contributed by atoms with Crippen molar-refractivity contribution in [3.05, 3.63) is 50.6 Å². The van der Waals surface area contributed by atoms with E-state index in [2.05, 4.69) is 20.8 Å². The fourth-order valence-corrected chi connectivity index (χ4v) is 4.48. The minimum atomic E-state index is -0.576. The van der Waals surface area contributed by atoms with Crippen LogP contribution in [-0.2, 0) is 9.59 Å². The van der Waals surface area contributed by atoms with E-state index in [1.54, 1.807) is 12.1 Å². The highest BCUT2D eigenvalue weighted by atomic mass is 127. The van der Waals surface area contributed by atoms with Crippen molar-refractivity contribution in [1.29, 1.82) is 0 Å². The molecule has 1 heterocycles. The number of amides is 2. The fraction of sp³-hybridized carbons (Fsp3) is 0.238. The minimum Gasteiger partial charge on any atom is -0.504 e. The molecule has 0 spiro atoms. The van der Waals surface area contributed by atoms with Crippen LogP contribution < -0.4 is 15.4 Å². The number of hydrogen-bond acceptors (Lipinski definition) is 7. The molecule has 1 atom stereocenters. The zero-order valence-electron chi connectivity index (χ0n) is 17.1. The standard InChI is InChI=1S/C21H21IN4O4S/c1-11-5-4-6-12(2)18(11)24-17(27)9-16-20(29)25-21(31-16)26-23-10-13-7-14(22)19(28)15(8-13)30-3/h4-8,10,16,28H,9H2,1-3H3,(H,24,27)(H,25,26,29)/b23-10+. The molecule has 1 fully saturated rings. The maximum absolute atomic E-state index is 12.4. The summed E-state index contributed by atoms with van der Waals surface area (Å²) in [6.07, 6.45) is 1.52. The normalized spacial score (nSPS) is 17.2. The molecule has 2 aromatic rings. The first-order valence-corrected chi connectivity index (χ1v) is 11.3. The van der Waals surface area contributed by atoms with E-state index in [0.29, 0.717) is 20.1 Å². The van der Waals surface area contributed by atoms with Gasteiger partial charge in [-0.15, -0.1) is 5.10 Å². The van der Waals surface area contributed by atoms with Gasteiger partial charge in [-0.05, 0) is 65.3 Å². The Bertz CT molecular complexity index is 1070. The average Bonchev–Trinajstić information content (AvgIpc) is 3.06. The molecule has 1 aliphatic heterocycles. The summed E-state index contributed by atoms with van der Waals surface area (Å²) in [4.78, 5) is 24.7. The number of carbonyl (C=O) groups excluding carboxylic acids is 2. The lowest BCUT2D eigenvalue weighted by atomic mass is 10.1. The molecule has 1 aliphatic rings. The lowest BCUT2D eigenvalue weighted by Gasteiger charge is -2.12. The summed E-state index contributed by atoms with van der Waals surface area (Å²) in [5, 5.41) is 23.2. The number of aryl methyl sites for hydroxylation is 2. The van der Waals surface area contributed by atoms with Gasteiger partial charge in [0.25, 0.3) is 0 Å². The number of phenolic OH excluding ortho intramolecular Hbond substituents is 1. The molecule has 0 aliphatic carbocycles. The summed E-state index contributed by atoms with van der Waals surface area (Å²) >= 11 is 3.15. The molecule has 0 radical (unpaired) electrons. The molecule has 1 unspecified atom stereocenters. The van der Waals surface area contributed by atoms with E-state index in [-0.39, 0.29) is 24.0 Å². The van der Waals surface area contributed by atoms with Crippen molar-refractivity contribution >= 4 is 63.2 Å². The topological polar surface area (TPSA) is 112 Å². The van der Waals surface area contributed by atoms with Gasteiger partial charge in [-0.2, -0.15) is 5.10 Å². The molecular formula is C21H21IN4O4S. The Morgan fingerprint density at radius 1 is 1.35 bits per heavy atom. The third kappa shape index (κ3) is 5.76. The highest BCUT2D eigenvalue weighted by molar-refractivity contribution is 14.1. The smallest absolute Gasteiger partial charge is 0.240 e. The Kier molecular flexibility index (Phi) is 7.55. The molecule has 3 rings (SSSR count). The second kappa shape index (κ2) is 10.1. The number of anilines is 1. The van der Waals surface area contributed by atoms with Crippen LogP contribution in [0.15, 0.2) is 40.5 Å². The molecule has 162 valence electrons. The third-order valence-electron chi connectivity index (χ3n) is 4.52. The van der Waals surface area contributed by atoms with Crippen LogP contribution in [0.3, 0.4) is 0 Å². The second-order valence-corrected chi connectivity index (χ2v) is 9.17. The zero-order valence-corrected chi connectivity index (χ0v) is 20.1. The highest BCUT2D eigenvalue weighted by Crippen LogP contribution is 2.32. The highest BCUT2D eigenvalue weighted by Gasteiger charge is 2.32. The van der Waals surface area contributed by atoms with Crippen LogP contribution in [0.1, 0.15) is 23.1 Å². The van der Waals surface area contributed by atoms with Gasteiger partial charge in [0.2, 0.25) is 11.8 Å². The van der Waals surface area contributed by atoms with E-state index in [1.807, 2.05) is 54.6 Å². The maximum Gasteiger partial charge on any atom is 0.240 e. The van der Waals surface area contributed by atoms with Crippen LogP contribution >= 0.6 is 34.4 Å². The molecule has 0 bridgehead atoms. The quantitative estimate of drug-likeness (QED) is 0.288. The third-order valence-corrected chi connectivity index (χ3v) is 6.41. The van der Waals surface area contributed by atoms with Gasteiger partial charge in [0, 0.05) is 12.1 Å². The van der Waals surface area contributed by atoms with Crippen LogP contribution in [0.4, 0.5) is 5.69 Å². The van der Waals surface area contributed by atoms with E-state index in [0.717, 1.165) is 28.6 Å². The predicted molar refractivity (Wildman–Crippen MR) is 131 cm³/mol. The van der Waals surface area contributed by atoms with Crippen molar-refractivity contribution in [1.82, 2.24) is 5.32 Å². The van der Waals surface area contributed by atoms with E-state index in [9.17, 15) is 14.7 Å². The number of aromatic hydroxyl groups is 1. The van der Waals surface area contributed by atoms with Crippen LogP contribution in [0.5, 0.6) is 11.5 Å². The molecule has 0 aromatic heterocycles. The monoisotopic (exact) mass is 552 g/mol. The van der Waals surface area contributed by atoms with E-state index >= 15 is 0 Å². The maximum atomic E-state index is 12.4. The number of nitrogens with one attached hydrogen (secondary N) is 2. The van der Waals surface area contributed by atoms with Crippen LogP contribution in [0, 0.1) is 17.4 Å². The number of methoxy groups -OCH3 is 1. The van der Waals surface area contributed by atoms with Crippen molar-refractivity contribution in [2.24, 2.45) is 10.2 Å². The van der Waals surface area contributed by atoms with Gasteiger partial charge in [-0.1, -0.05) is 30.0 Å². The van der Waals surface area contributed by atoms with Crippen molar-refractivity contribution in [3.8, 4) is 11.5 Å². The SMILES string of the molecule is COc1cc(/C=N/N=C2\NC(=O)C(CC(=O)Nc3c(C)cccc3C)S2)cc(I)c1O. The number of amidine groups is 1. The molecular weight excluding hydrogens is 531 g/mol. The largest absolute Gasteiger partial charge is 0.504 e. The van der Waals surface area contributed by atoms with Gasteiger partial charge in [0.1, 0.15) is 5.25 Å². The zero-order chi connectivity index (χ0) is 22.5. The molecule has 3 N–H and O–H groups in total. The summed E-state index contributed by atoms with van der Waals surface area (Å²) in [5.74, 6) is -0.122. The Hall–Kier alpha value is -2.60. The van der Waals surface area contributed by atoms with E-state index < -0.39 is 5.25 Å². The van der Waals surface area contributed by atoms with E-state index in [4.69, 9.17) is 4.74 Å². The molecule has 2 amide bonds. The predicted octanol–water partition coefficient (Wildman–Crippen LogP) is 3.57. The van der Waals surface area contributed by atoms with Crippen molar-refractivity contribution in [2.75, 3.05) is 12.4 Å². The molecule has 1 saturated heterocycles. The van der Waals surface area contributed by atoms with Gasteiger partial charge < -0.3 is 20.5 Å². The first-order chi connectivity index (χ1) is 14.8. The number of halogens is 1. The average molecular weight is 552 g/mol. The fourth-order valence-electron chi connectivity index (χ4n) is 2.93. The Balaban J connectivity index is 1.62. The minimum absolute atomic E-state index is 0.0281. The lowest BCUT2D eigenvalue weighted by Crippen LogP contribution is -2.28. The Morgan fingerprint density at radius 3 is 2.74 bits per heavy atom. The number of nitrogens with zero attached hydrogens (tertiary/aromatic N) is 2. The van der Waals surface area contributed by atoms with Crippen LogP contribution in [-0.4, -0.2) is 40.7 Å². The number of rotatable bonds is 6. The molecule has 0 saturated carbocycles. The van der Waals surface area contributed by atoms with Gasteiger partial charge in [0.05, 0.1) is 16.9 Å². The Morgan fingerprint density at radius 2 is 2.06 bits per heavy atom. The van der Waals surface area contributed by atoms with Crippen LogP contribution in [0.2, 0.25) is 0 Å².